The summed E-state index contributed by atoms with van der Waals surface area (Å²) in [5.41, 5.74) is -0.801. The minimum atomic E-state index is -0.818. The number of fused-ring (bicyclic) bond motifs is 1. The lowest BCUT2D eigenvalue weighted by Crippen LogP contribution is -2.31. The lowest BCUT2D eigenvalue weighted by molar-refractivity contribution is 0.0456. The van der Waals surface area contributed by atoms with Gasteiger partial charge in [0.1, 0.15) is 29.5 Å². The number of nitrogens with one attached hydrogen (secondary N) is 1. The molecule has 0 atom stereocenters. The summed E-state index contributed by atoms with van der Waals surface area (Å²) >= 11 is 0. The number of carbonyl (C=O) groups is 1. The lowest BCUT2D eigenvalue weighted by Gasteiger charge is -2.06. The zero-order chi connectivity index (χ0) is 20.4. The van der Waals surface area contributed by atoms with Crippen molar-refractivity contribution in [2.75, 3.05) is 0 Å². The summed E-state index contributed by atoms with van der Waals surface area (Å²) in [5.74, 6) is -1.15. The van der Waals surface area contributed by atoms with E-state index in [4.69, 9.17) is 4.74 Å². The highest BCUT2D eigenvalue weighted by molar-refractivity contribution is 5.92. The summed E-state index contributed by atoms with van der Waals surface area (Å²) in [6.07, 6.45) is 1.60. The number of aryl methyl sites for hydroxylation is 2. The zero-order valence-corrected chi connectivity index (χ0v) is 15.4. The van der Waals surface area contributed by atoms with Gasteiger partial charge in [-0.05, 0) is 18.6 Å². The molecule has 1 aromatic carbocycles. The molecule has 148 valence electrons. The number of nitrogens with zero attached hydrogens (tertiary/aromatic N) is 3. The molecule has 10 heteroatoms. The first-order chi connectivity index (χ1) is 13.3. The summed E-state index contributed by atoms with van der Waals surface area (Å²) < 4.78 is 8.02. The van der Waals surface area contributed by atoms with Crippen LogP contribution < -0.4 is 11.2 Å². The Morgan fingerprint density at radius 1 is 1.29 bits per heavy atom. The molecule has 3 rings (SSSR count). The van der Waals surface area contributed by atoms with Gasteiger partial charge in [0, 0.05) is 19.7 Å². The Hall–Kier alpha value is -3.56. The Morgan fingerprint density at radius 2 is 2.04 bits per heavy atom. The van der Waals surface area contributed by atoms with Gasteiger partial charge in [0.25, 0.3) is 5.56 Å². The van der Waals surface area contributed by atoms with Crippen LogP contribution >= 0.6 is 0 Å². The maximum absolute atomic E-state index is 12.2. The molecule has 0 saturated heterocycles. The Labute approximate surface area is 158 Å². The van der Waals surface area contributed by atoms with Crippen LogP contribution in [0.25, 0.3) is 11.2 Å². The first kappa shape index (κ1) is 19.2. The number of benzene rings is 1. The molecule has 0 aliphatic heterocycles. The van der Waals surface area contributed by atoms with Crippen LogP contribution in [0.4, 0.5) is 0 Å². The molecule has 3 N–H and O–H groups in total. The molecule has 0 saturated carbocycles. The second kappa shape index (κ2) is 7.59. The van der Waals surface area contributed by atoms with Gasteiger partial charge in [-0.15, -0.1) is 0 Å². The molecule has 28 heavy (non-hydrogen) atoms. The van der Waals surface area contributed by atoms with E-state index in [1.165, 1.54) is 21.3 Å². The van der Waals surface area contributed by atoms with E-state index < -0.39 is 23.0 Å². The number of aromatic nitrogens is 4. The first-order valence-electron chi connectivity index (χ1n) is 8.71. The Kier molecular flexibility index (Phi) is 5.21. The van der Waals surface area contributed by atoms with Crippen LogP contribution in [0, 0.1) is 0 Å². The van der Waals surface area contributed by atoms with Gasteiger partial charge >= 0.3 is 11.7 Å². The average molecular weight is 388 g/mol. The zero-order valence-electron chi connectivity index (χ0n) is 15.4. The van der Waals surface area contributed by atoms with Crippen LogP contribution in [-0.4, -0.2) is 35.3 Å². The summed E-state index contributed by atoms with van der Waals surface area (Å²) in [7, 11) is 1.58. The molecule has 3 aromatic rings. The fraction of sp³-hybridized carbons (Fsp3) is 0.333. The molecule has 0 aliphatic carbocycles. The van der Waals surface area contributed by atoms with Crippen LogP contribution in [0.2, 0.25) is 0 Å². The highest BCUT2D eigenvalue weighted by Gasteiger charge is 2.19. The lowest BCUT2D eigenvalue weighted by atomic mass is 10.2. The summed E-state index contributed by atoms with van der Waals surface area (Å²) in [6, 6.07) is 3.50. The number of rotatable bonds is 6. The van der Waals surface area contributed by atoms with Crippen molar-refractivity contribution in [2.24, 2.45) is 7.05 Å². The Morgan fingerprint density at radius 3 is 2.71 bits per heavy atom. The topological polar surface area (TPSA) is 139 Å². The van der Waals surface area contributed by atoms with Crippen molar-refractivity contribution in [3.63, 3.8) is 0 Å². The number of phenols is 2. The van der Waals surface area contributed by atoms with Crippen LogP contribution in [0.5, 0.6) is 11.5 Å². The minimum Gasteiger partial charge on any atom is -0.508 e. The third-order valence-corrected chi connectivity index (χ3v) is 4.37. The molecular formula is C18H20N4O6. The van der Waals surface area contributed by atoms with Gasteiger partial charge in [-0.3, -0.25) is 14.3 Å². The van der Waals surface area contributed by atoms with Crippen LogP contribution in [0.1, 0.15) is 35.9 Å². The molecule has 0 unspecified atom stereocenters. The summed E-state index contributed by atoms with van der Waals surface area (Å²) in [6.45, 7) is 2.11. The van der Waals surface area contributed by atoms with E-state index in [1.807, 2.05) is 6.92 Å². The molecule has 0 amide bonds. The van der Waals surface area contributed by atoms with Crippen LogP contribution in [-0.2, 0) is 24.9 Å². The van der Waals surface area contributed by atoms with Crippen molar-refractivity contribution in [3.8, 4) is 11.5 Å². The van der Waals surface area contributed by atoms with Gasteiger partial charge in [0.2, 0.25) is 0 Å². The number of hydrogen-bond donors (Lipinski definition) is 3. The number of hydrogen-bond acceptors (Lipinski definition) is 7. The van der Waals surface area contributed by atoms with Gasteiger partial charge in [-0.2, -0.15) is 0 Å². The van der Waals surface area contributed by atoms with Gasteiger partial charge in [-0.25, -0.2) is 14.6 Å². The molecule has 0 fully saturated rings. The van der Waals surface area contributed by atoms with Crippen LogP contribution in [0.15, 0.2) is 27.8 Å². The van der Waals surface area contributed by atoms with E-state index >= 15 is 0 Å². The van der Waals surface area contributed by atoms with Crippen molar-refractivity contribution in [1.82, 2.24) is 19.1 Å². The number of unbranched alkanes of at least 4 members (excludes halogenated alkanes) is 1. The maximum atomic E-state index is 12.2. The standard InChI is InChI=1S/C18H20N4O6/c1-3-4-7-22-15-14(16(25)20-18(22)27)21(2)13(19-15)9-28-17(26)11-6-5-10(23)8-12(11)24/h5-6,8,23-24H,3-4,7,9H2,1-2H3,(H,20,25,27). The Balaban J connectivity index is 1.92. The molecule has 2 heterocycles. The number of aromatic hydroxyl groups is 2. The second-order valence-electron chi connectivity index (χ2n) is 6.30. The third kappa shape index (κ3) is 3.48. The van der Waals surface area contributed by atoms with E-state index in [-0.39, 0.29) is 34.9 Å². The molecule has 2 aromatic heterocycles. The smallest absolute Gasteiger partial charge is 0.342 e. The van der Waals surface area contributed by atoms with Gasteiger partial charge in [-0.1, -0.05) is 13.3 Å². The fourth-order valence-corrected chi connectivity index (χ4v) is 2.84. The van der Waals surface area contributed by atoms with Gasteiger partial charge in [0.05, 0.1) is 0 Å². The second-order valence-corrected chi connectivity index (χ2v) is 6.30. The predicted octanol–water partition coefficient (Wildman–Crippen LogP) is 0.992. The molecule has 10 nitrogen and oxygen atoms in total. The quantitative estimate of drug-likeness (QED) is 0.535. The normalized spacial score (nSPS) is 11.1. The molecule has 0 spiro atoms. The fourth-order valence-electron chi connectivity index (χ4n) is 2.84. The number of H-pyrrole nitrogens is 1. The third-order valence-electron chi connectivity index (χ3n) is 4.37. The van der Waals surface area contributed by atoms with Crippen molar-refractivity contribution in [3.05, 3.63) is 50.4 Å². The number of esters is 1. The SMILES string of the molecule is CCCCn1c(=O)[nH]c(=O)c2c1nc(COC(=O)c1ccc(O)cc1O)n2C. The monoisotopic (exact) mass is 388 g/mol. The minimum absolute atomic E-state index is 0.116. The van der Waals surface area contributed by atoms with E-state index in [0.717, 1.165) is 18.9 Å². The number of carbonyl (C=O) groups excluding carboxylic acids is 1. The molecule has 0 bridgehead atoms. The van der Waals surface area contributed by atoms with Gasteiger partial charge in [0.15, 0.2) is 11.2 Å². The summed E-state index contributed by atoms with van der Waals surface area (Å²) in [5, 5.41) is 19.0. The average Bonchev–Trinajstić information content (AvgIpc) is 2.96. The van der Waals surface area contributed by atoms with E-state index in [9.17, 15) is 24.6 Å². The van der Waals surface area contributed by atoms with E-state index in [2.05, 4.69) is 9.97 Å². The number of ether oxygens (including phenoxy) is 1. The first-order valence-corrected chi connectivity index (χ1v) is 8.71. The molecule has 0 aliphatic rings. The van der Waals surface area contributed by atoms with Crippen LogP contribution in [0.3, 0.4) is 0 Å². The maximum Gasteiger partial charge on any atom is 0.342 e. The predicted molar refractivity (Wildman–Crippen MR) is 99.4 cm³/mol. The van der Waals surface area contributed by atoms with Crippen molar-refractivity contribution in [2.45, 2.75) is 32.9 Å². The number of imidazole rings is 1. The Bertz CT molecular complexity index is 1160. The number of phenolic OH excluding ortho intramolecular Hbond substituents is 2. The highest BCUT2D eigenvalue weighted by Crippen LogP contribution is 2.23. The molecular weight excluding hydrogens is 368 g/mol. The van der Waals surface area contributed by atoms with Crippen molar-refractivity contribution in [1.29, 1.82) is 0 Å². The largest absolute Gasteiger partial charge is 0.508 e. The summed E-state index contributed by atoms with van der Waals surface area (Å²) in [4.78, 5) is 43.1. The molecule has 0 radical (unpaired) electrons. The van der Waals surface area contributed by atoms with Crippen molar-refractivity contribution < 1.29 is 19.7 Å². The van der Waals surface area contributed by atoms with E-state index in [1.54, 1.807) is 7.05 Å². The number of aromatic amines is 1. The van der Waals surface area contributed by atoms with Crippen molar-refractivity contribution >= 4 is 17.1 Å². The highest BCUT2D eigenvalue weighted by atomic mass is 16.5. The van der Waals surface area contributed by atoms with E-state index in [0.29, 0.717) is 6.54 Å². The van der Waals surface area contributed by atoms with Gasteiger partial charge < -0.3 is 19.5 Å².